The highest BCUT2D eigenvalue weighted by Gasteiger charge is 2.15. The van der Waals surface area contributed by atoms with Crippen molar-refractivity contribution in [1.29, 1.82) is 0 Å². The topological polar surface area (TPSA) is 0 Å². The van der Waals surface area contributed by atoms with Crippen LogP contribution in [0, 0.1) is 11.8 Å². The predicted octanol–water partition coefficient (Wildman–Crippen LogP) is 4.39. The van der Waals surface area contributed by atoms with Crippen molar-refractivity contribution in [3.63, 3.8) is 0 Å². The van der Waals surface area contributed by atoms with Crippen LogP contribution in [-0.4, -0.2) is 0 Å². The third-order valence-corrected chi connectivity index (χ3v) is 3.55. The Hall–Kier alpha value is 0. The summed E-state index contributed by atoms with van der Waals surface area (Å²) in [7, 11) is 0. The van der Waals surface area contributed by atoms with E-state index in [4.69, 9.17) is 0 Å². The van der Waals surface area contributed by atoms with Gasteiger partial charge in [0.05, 0.1) is 0 Å². The smallest absolute Gasteiger partial charge is 0.0414 e. The molecule has 0 aromatic heterocycles. The van der Waals surface area contributed by atoms with Crippen molar-refractivity contribution >= 4 is 0 Å². The summed E-state index contributed by atoms with van der Waals surface area (Å²) < 4.78 is 0. The Labute approximate surface area is 77.7 Å². The van der Waals surface area contributed by atoms with Crippen molar-refractivity contribution in [2.45, 2.75) is 65.2 Å². The summed E-state index contributed by atoms with van der Waals surface area (Å²) in [6.45, 7) is 4.72. The quantitative estimate of drug-likeness (QED) is 0.573. The SMILES string of the molecule is CCC1CCCCCC(CC)C1. The maximum atomic E-state index is 2.36. The zero-order chi connectivity index (χ0) is 8.81. The van der Waals surface area contributed by atoms with E-state index in [-0.39, 0.29) is 0 Å². The van der Waals surface area contributed by atoms with Crippen LogP contribution in [0.1, 0.15) is 65.2 Å². The Morgan fingerprint density at radius 3 is 1.75 bits per heavy atom. The molecule has 72 valence electrons. The first-order chi connectivity index (χ1) is 5.86. The summed E-state index contributed by atoms with van der Waals surface area (Å²) in [4.78, 5) is 0. The van der Waals surface area contributed by atoms with Crippen molar-refractivity contribution in [2.75, 3.05) is 0 Å². The molecule has 0 N–H and O–H groups in total. The Bertz CT molecular complexity index is 94.6. The van der Waals surface area contributed by atoms with E-state index >= 15 is 0 Å². The number of hydrogen-bond donors (Lipinski definition) is 0. The third-order valence-electron chi connectivity index (χ3n) is 3.55. The van der Waals surface area contributed by atoms with Crippen molar-refractivity contribution in [1.82, 2.24) is 0 Å². The Kier molecular flexibility index (Phi) is 4.72. The summed E-state index contributed by atoms with van der Waals surface area (Å²) in [6.07, 6.45) is 11.8. The van der Waals surface area contributed by atoms with Crippen molar-refractivity contribution < 1.29 is 0 Å². The molecular formula is C12H24. The summed E-state index contributed by atoms with van der Waals surface area (Å²) >= 11 is 0. The van der Waals surface area contributed by atoms with Gasteiger partial charge in [-0.2, -0.15) is 0 Å². The normalized spacial score (nSPS) is 32.5. The zero-order valence-electron chi connectivity index (χ0n) is 8.81. The van der Waals surface area contributed by atoms with Gasteiger partial charge < -0.3 is 0 Å². The summed E-state index contributed by atoms with van der Waals surface area (Å²) in [6, 6.07) is 0. The first-order valence-corrected chi connectivity index (χ1v) is 5.86. The van der Waals surface area contributed by atoms with Crippen molar-refractivity contribution in [2.24, 2.45) is 11.8 Å². The average molecular weight is 168 g/mol. The maximum absolute atomic E-state index is 2.36. The fourth-order valence-electron chi connectivity index (χ4n) is 2.49. The van der Waals surface area contributed by atoms with Crippen LogP contribution in [0.25, 0.3) is 0 Å². The van der Waals surface area contributed by atoms with Gasteiger partial charge in [0.15, 0.2) is 0 Å². The molecule has 0 aromatic carbocycles. The first kappa shape index (κ1) is 10.1. The number of hydrogen-bond acceptors (Lipinski definition) is 0. The van der Waals surface area contributed by atoms with Gasteiger partial charge in [-0.25, -0.2) is 0 Å². The third kappa shape index (κ3) is 3.16. The molecule has 0 spiro atoms. The maximum Gasteiger partial charge on any atom is -0.0414 e. The molecule has 0 aromatic rings. The van der Waals surface area contributed by atoms with Gasteiger partial charge in [0, 0.05) is 0 Å². The molecular weight excluding hydrogens is 144 g/mol. The number of rotatable bonds is 2. The lowest BCUT2D eigenvalue weighted by Gasteiger charge is -2.24. The lowest BCUT2D eigenvalue weighted by atomic mass is 9.82. The van der Waals surface area contributed by atoms with Gasteiger partial charge in [-0.15, -0.1) is 0 Å². The fourth-order valence-corrected chi connectivity index (χ4v) is 2.49. The summed E-state index contributed by atoms with van der Waals surface area (Å²) in [5, 5.41) is 0. The van der Waals surface area contributed by atoms with Crippen LogP contribution < -0.4 is 0 Å². The van der Waals surface area contributed by atoms with E-state index in [1.165, 1.54) is 51.4 Å². The standard InChI is InChI=1S/C12H24/c1-3-11-8-6-5-7-9-12(4-2)10-11/h11-12H,3-10H2,1-2H3. The molecule has 1 rings (SSSR count). The van der Waals surface area contributed by atoms with E-state index in [9.17, 15) is 0 Å². The van der Waals surface area contributed by atoms with Crippen LogP contribution in [-0.2, 0) is 0 Å². The van der Waals surface area contributed by atoms with Crippen LogP contribution in [0.5, 0.6) is 0 Å². The van der Waals surface area contributed by atoms with Crippen molar-refractivity contribution in [3.05, 3.63) is 0 Å². The Balaban J connectivity index is 2.33. The van der Waals surface area contributed by atoms with E-state index in [1.807, 2.05) is 0 Å². The lowest BCUT2D eigenvalue weighted by Crippen LogP contribution is -2.10. The van der Waals surface area contributed by atoms with Crippen LogP contribution in [0.2, 0.25) is 0 Å². The molecule has 0 heterocycles. The second-order valence-corrected chi connectivity index (χ2v) is 4.42. The van der Waals surface area contributed by atoms with Crippen LogP contribution >= 0.6 is 0 Å². The average Bonchev–Trinajstić information content (AvgIpc) is 2.05. The fraction of sp³-hybridized carbons (Fsp3) is 1.00. The monoisotopic (exact) mass is 168 g/mol. The predicted molar refractivity (Wildman–Crippen MR) is 55.3 cm³/mol. The van der Waals surface area contributed by atoms with Crippen LogP contribution in [0.4, 0.5) is 0 Å². The minimum atomic E-state index is 1.05. The molecule has 0 saturated heterocycles. The van der Waals surface area contributed by atoms with Gasteiger partial charge in [0.1, 0.15) is 0 Å². The highest BCUT2D eigenvalue weighted by Crippen LogP contribution is 2.30. The molecule has 0 aliphatic heterocycles. The van der Waals surface area contributed by atoms with Gasteiger partial charge >= 0.3 is 0 Å². The minimum absolute atomic E-state index is 1.05. The van der Waals surface area contributed by atoms with Gasteiger partial charge in [-0.3, -0.25) is 0 Å². The summed E-state index contributed by atoms with van der Waals surface area (Å²) in [5.74, 6) is 2.10. The molecule has 1 fully saturated rings. The van der Waals surface area contributed by atoms with Crippen LogP contribution in [0.15, 0.2) is 0 Å². The Morgan fingerprint density at radius 1 is 0.833 bits per heavy atom. The van der Waals surface area contributed by atoms with Gasteiger partial charge in [0.2, 0.25) is 0 Å². The van der Waals surface area contributed by atoms with E-state index in [0.29, 0.717) is 0 Å². The molecule has 12 heavy (non-hydrogen) atoms. The van der Waals surface area contributed by atoms with E-state index in [0.717, 1.165) is 11.8 Å². The van der Waals surface area contributed by atoms with Crippen LogP contribution in [0.3, 0.4) is 0 Å². The molecule has 0 amide bonds. The molecule has 2 unspecified atom stereocenters. The molecule has 0 heteroatoms. The van der Waals surface area contributed by atoms with E-state index in [1.54, 1.807) is 0 Å². The molecule has 1 saturated carbocycles. The molecule has 2 atom stereocenters. The molecule has 0 radical (unpaired) electrons. The largest absolute Gasteiger partial charge is 0.0651 e. The molecule has 1 aliphatic rings. The molecule has 0 nitrogen and oxygen atoms in total. The van der Waals surface area contributed by atoms with Gasteiger partial charge in [-0.1, -0.05) is 58.8 Å². The highest BCUT2D eigenvalue weighted by atomic mass is 14.2. The zero-order valence-corrected chi connectivity index (χ0v) is 8.81. The molecule has 1 aliphatic carbocycles. The van der Waals surface area contributed by atoms with E-state index in [2.05, 4.69) is 13.8 Å². The second-order valence-electron chi connectivity index (χ2n) is 4.42. The summed E-state index contributed by atoms with van der Waals surface area (Å²) in [5.41, 5.74) is 0. The molecule has 0 bridgehead atoms. The second kappa shape index (κ2) is 5.61. The highest BCUT2D eigenvalue weighted by molar-refractivity contribution is 4.68. The Morgan fingerprint density at radius 2 is 1.33 bits per heavy atom. The van der Waals surface area contributed by atoms with E-state index < -0.39 is 0 Å². The first-order valence-electron chi connectivity index (χ1n) is 5.86. The van der Waals surface area contributed by atoms with Crippen molar-refractivity contribution in [3.8, 4) is 0 Å². The lowest BCUT2D eigenvalue weighted by molar-refractivity contribution is 0.284. The minimum Gasteiger partial charge on any atom is -0.0651 e. The van der Waals surface area contributed by atoms with Gasteiger partial charge in [-0.05, 0) is 18.3 Å². The van der Waals surface area contributed by atoms with Gasteiger partial charge in [0.25, 0.3) is 0 Å².